The molecular weight excluding hydrogens is 551 g/mol. The van der Waals surface area contributed by atoms with Crippen molar-refractivity contribution in [2.45, 2.75) is 36.6 Å². The fourth-order valence-electron chi connectivity index (χ4n) is 5.28. The summed E-state index contributed by atoms with van der Waals surface area (Å²) in [6.45, 7) is 2.01. The fraction of sp³-hybridized carbons (Fsp3) is 0.429. The second-order valence-electron chi connectivity index (χ2n) is 9.72. The van der Waals surface area contributed by atoms with Gasteiger partial charge in [-0.15, -0.1) is 24.2 Å². The minimum atomic E-state index is -0.861. The maximum atomic E-state index is 14.8. The predicted molar refractivity (Wildman–Crippen MR) is 149 cm³/mol. The van der Waals surface area contributed by atoms with Gasteiger partial charge < -0.3 is 20.5 Å². The van der Waals surface area contributed by atoms with Crippen molar-refractivity contribution in [1.82, 2.24) is 9.88 Å². The van der Waals surface area contributed by atoms with Gasteiger partial charge in [-0.2, -0.15) is 0 Å². The van der Waals surface area contributed by atoms with Crippen LogP contribution in [0.4, 0.5) is 13.2 Å². The molecule has 3 N–H and O–H groups in total. The van der Waals surface area contributed by atoms with E-state index in [1.807, 2.05) is 0 Å². The van der Waals surface area contributed by atoms with Crippen LogP contribution >= 0.6 is 24.2 Å². The topological polar surface area (TPSA) is 88.7 Å². The Bertz CT molecular complexity index is 1290. The van der Waals surface area contributed by atoms with E-state index in [1.165, 1.54) is 24.0 Å². The average molecular weight is 584 g/mol. The van der Waals surface area contributed by atoms with E-state index >= 15 is 0 Å². The number of pyridine rings is 1. The van der Waals surface area contributed by atoms with Crippen LogP contribution in [0.2, 0.25) is 0 Å². The first-order chi connectivity index (χ1) is 18.2. The first-order valence-electron chi connectivity index (χ1n) is 12.6. The van der Waals surface area contributed by atoms with E-state index in [9.17, 15) is 23.1 Å². The highest BCUT2D eigenvalue weighted by molar-refractivity contribution is 7.99. The molecule has 0 aliphatic carbocycles. The molecule has 1 aliphatic heterocycles. The summed E-state index contributed by atoms with van der Waals surface area (Å²) in [5.41, 5.74) is 7.51. The standard InChI is InChI=1S/C28H32F3N3O3S.ClH/c1-37-20-4-7-25-21(14-20)28(23(31)15-33-25)24(32)6-2-17-8-9-34(16-18(17)12-27(35)36)10-11-38-26-13-19(29)3-5-22(26)30;/h3-5,7,13-15,17-18,24H,2,6,8-12,16,32H2,1H3,(H,35,36);1H. The Labute approximate surface area is 236 Å². The number of hydrogen-bond donors (Lipinski definition) is 2. The number of carboxylic acid groups (broad SMARTS) is 1. The van der Waals surface area contributed by atoms with E-state index < -0.39 is 29.5 Å². The van der Waals surface area contributed by atoms with E-state index in [2.05, 4.69) is 9.88 Å². The fourth-order valence-corrected chi connectivity index (χ4v) is 6.25. The molecule has 3 aromatic rings. The van der Waals surface area contributed by atoms with Crippen LogP contribution in [0.3, 0.4) is 0 Å². The lowest BCUT2D eigenvalue weighted by Crippen LogP contribution is -2.42. The Morgan fingerprint density at radius 3 is 2.74 bits per heavy atom. The number of rotatable bonds is 11. The Balaban J connectivity index is 0.00000420. The summed E-state index contributed by atoms with van der Waals surface area (Å²) in [5.74, 6) is -1.06. The van der Waals surface area contributed by atoms with Gasteiger partial charge in [0.1, 0.15) is 23.2 Å². The molecule has 1 saturated heterocycles. The van der Waals surface area contributed by atoms with Gasteiger partial charge in [0.2, 0.25) is 0 Å². The molecule has 2 heterocycles. The van der Waals surface area contributed by atoms with Crippen LogP contribution in [0, 0.1) is 29.3 Å². The Morgan fingerprint density at radius 2 is 2.00 bits per heavy atom. The van der Waals surface area contributed by atoms with Crippen molar-refractivity contribution < 1.29 is 27.8 Å². The molecule has 3 unspecified atom stereocenters. The number of carboxylic acids is 1. The van der Waals surface area contributed by atoms with E-state index in [0.29, 0.717) is 53.9 Å². The smallest absolute Gasteiger partial charge is 0.303 e. The van der Waals surface area contributed by atoms with Crippen molar-refractivity contribution in [3.8, 4) is 5.75 Å². The SMILES string of the molecule is COc1ccc2ncc(F)c(C(N)CCC3CCN(CCSc4cc(F)ccc4F)CC3CC(=O)O)c2c1.Cl. The Hall–Kier alpha value is -2.53. The van der Waals surface area contributed by atoms with Crippen LogP contribution < -0.4 is 10.5 Å². The number of methoxy groups -OCH3 is 1. The van der Waals surface area contributed by atoms with Gasteiger partial charge in [-0.1, -0.05) is 0 Å². The van der Waals surface area contributed by atoms with Gasteiger partial charge in [0, 0.05) is 47.2 Å². The number of carbonyl (C=O) groups is 1. The third kappa shape index (κ3) is 8.00. The van der Waals surface area contributed by atoms with Crippen LogP contribution in [0.5, 0.6) is 5.75 Å². The minimum Gasteiger partial charge on any atom is -0.497 e. The van der Waals surface area contributed by atoms with E-state index in [1.54, 1.807) is 25.3 Å². The van der Waals surface area contributed by atoms with Gasteiger partial charge in [-0.25, -0.2) is 13.2 Å². The molecule has 212 valence electrons. The largest absolute Gasteiger partial charge is 0.497 e. The minimum absolute atomic E-state index is 0. The highest BCUT2D eigenvalue weighted by Gasteiger charge is 2.31. The number of nitrogens with two attached hydrogens (primary N) is 1. The number of likely N-dealkylation sites (tertiary alicyclic amines) is 1. The van der Waals surface area contributed by atoms with E-state index in [4.69, 9.17) is 10.5 Å². The third-order valence-corrected chi connectivity index (χ3v) is 8.27. The zero-order chi connectivity index (χ0) is 27.2. The summed E-state index contributed by atoms with van der Waals surface area (Å²) in [6, 6.07) is 8.09. The Kier molecular flexibility index (Phi) is 11.3. The number of hydrogen-bond acceptors (Lipinski definition) is 6. The van der Waals surface area contributed by atoms with E-state index in [-0.39, 0.29) is 35.6 Å². The Morgan fingerprint density at radius 1 is 1.21 bits per heavy atom. The summed E-state index contributed by atoms with van der Waals surface area (Å²) in [7, 11) is 1.54. The zero-order valence-electron chi connectivity index (χ0n) is 21.6. The van der Waals surface area contributed by atoms with Crippen molar-refractivity contribution in [1.29, 1.82) is 0 Å². The highest BCUT2D eigenvalue weighted by Crippen LogP contribution is 2.35. The van der Waals surface area contributed by atoms with Gasteiger partial charge >= 0.3 is 5.97 Å². The molecule has 0 saturated carbocycles. The number of piperidine rings is 1. The van der Waals surface area contributed by atoms with Crippen molar-refractivity contribution in [3.05, 3.63) is 65.6 Å². The van der Waals surface area contributed by atoms with Gasteiger partial charge in [-0.05, 0) is 74.0 Å². The summed E-state index contributed by atoms with van der Waals surface area (Å²) < 4.78 is 47.5. The molecule has 2 aromatic carbocycles. The lowest BCUT2D eigenvalue weighted by molar-refractivity contribution is -0.139. The normalized spacial score (nSPS) is 18.5. The molecule has 0 amide bonds. The second-order valence-corrected chi connectivity index (χ2v) is 10.9. The lowest BCUT2D eigenvalue weighted by Gasteiger charge is -2.38. The molecule has 0 radical (unpaired) electrons. The van der Waals surface area contributed by atoms with Crippen molar-refractivity contribution in [2.75, 3.05) is 32.5 Å². The van der Waals surface area contributed by atoms with Crippen molar-refractivity contribution >= 4 is 41.0 Å². The summed E-state index contributed by atoms with van der Waals surface area (Å²) in [4.78, 5) is 18.2. The van der Waals surface area contributed by atoms with Gasteiger partial charge in [0.15, 0.2) is 0 Å². The predicted octanol–water partition coefficient (Wildman–Crippen LogP) is 6.07. The molecule has 1 aromatic heterocycles. The monoisotopic (exact) mass is 583 g/mol. The van der Waals surface area contributed by atoms with Crippen LogP contribution in [0.15, 0.2) is 47.5 Å². The number of halogens is 4. The van der Waals surface area contributed by atoms with Crippen molar-refractivity contribution in [3.63, 3.8) is 0 Å². The quantitative estimate of drug-likeness (QED) is 0.265. The summed E-state index contributed by atoms with van der Waals surface area (Å²) >= 11 is 1.25. The van der Waals surface area contributed by atoms with Gasteiger partial charge in [0.05, 0.1) is 18.8 Å². The van der Waals surface area contributed by atoms with Crippen LogP contribution in [-0.4, -0.2) is 53.5 Å². The number of ether oxygens (including phenoxy) is 1. The molecule has 3 atom stereocenters. The summed E-state index contributed by atoms with van der Waals surface area (Å²) in [6.07, 6.45) is 3.18. The maximum Gasteiger partial charge on any atom is 0.303 e. The zero-order valence-corrected chi connectivity index (χ0v) is 23.2. The number of nitrogens with zero attached hydrogens (tertiary/aromatic N) is 2. The number of fused-ring (bicyclic) bond motifs is 1. The van der Waals surface area contributed by atoms with Gasteiger partial charge in [-0.3, -0.25) is 9.78 Å². The van der Waals surface area contributed by atoms with Gasteiger partial charge in [0.25, 0.3) is 0 Å². The van der Waals surface area contributed by atoms with Crippen molar-refractivity contribution in [2.24, 2.45) is 17.6 Å². The first kappa shape index (κ1) is 31.0. The van der Waals surface area contributed by atoms with Crippen LogP contribution in [-0.2, 0) is 4.79 Å². The average Bonchev–Trinajstić information content (AvgIpc) is 2.89. The molecular formula is C28H33ClF3N3O3S. The number of thioether (sulfide) groups is 1. The van der Waals surface area contributed by atoms with Crippen LogP contribution in [0.25, 0.3) is 10.9 Å². The van der Waals surface area contributed by atoms with E-state index in [0.717, 1.165) is 25.1 Å². The maximum absolute atomic E-state index is 14.8. The summed E-state index contributed by atoms with van der Waals surface area (Å²) in [5, 5.41) is 10.1. The third-order valence-electron chi connectivity index (χ3n) is 7.26. The molecule has 1 fully saturated rings. The highest BCUT2D eigenvalue weighted by atomic mass is 35.5. The molecule has 0 spiro atoms. The molecule has 6 nitrogen and oxygen atoms in total. The molecule has 1 aliphatic rings. The second kappa shape index (κ2) is 14.2. The first-order valence-corrected chi connectivity index (χ1v) is 13.6. The molecule has 0 bridgehead atoms. The molecule has 39 heavy (non-hydrogen) atoms. The number of aliphatic carboxylic acids is 1. The number of benzene rings is 2. The van der Waals surface area contributed by atoms with Crippen LogP contribution in [0.1, 0.15) is 37.3 Å². The lowest BCUT2D eigenvalue weighted by atomic mass is 9.79. The molecule has 4 rings (SSSR count). The number of aromatic nitrogens is 1. The molecule has 11 heteroatoms.